The summed E-state index contributed by atoms with van der Waals surface area (Å²) < 4.78 is 56.5. The van der Waals surface area contributed by atoms with E-state index in [1.807, 2.05) is 0 Å². The molecule has 9 heteroatoms. The Hall–Kier alpha value is -1.16. The molecule has 0 aliphatic carbocycles. The summed E-state index contributed by atoms with van der Waals surface area (Å²) in [6.45, 7) is 2.94. The van der Waals surface area contributed by atoms with Gasteiger partial charge in [0.05, 0.1) is 23.9 Å². The number of hydrogen-bond acceptors (Lipinski definition) is 5. The monoisotopic (exact) mass is 334 g/mol. The molecule has 0 aromatic heterocycles. The lowest BCUT2D eigenvalue weighted by molar-refractivity contribution is 0.0730. The van der Waals surface area contributed by atoms with Crippen molar-refractivity contribution >= 4 is 25.7 Å². The Balaban J connectivity index is 2.18. The standard InChI is InChI=1S/C12H18N2O5S2/c1-2-20(15,16)13-11-3-5-12(6-4-11)21(17,18)14-7-9-19-10-8-14/h3-6,13H,2,7-10H2,1H3. The van der Waals surface area contributed by atoms with Crippen LogP contribution in [-0.4, -0.2) is 53.2 Å². The van der Waals surface area contributed by atoms with Crippen LogP contribution in [0, 0.1) is 0 Å². The maximum absolute atomic E-state index is 12.4. The quantitative estimate of drug-likeness (QED) is 0.845. The summed E-state index contributed by atoms with van der Waals surface area (Å²) in [6.07, 6.45) is 0. The minimum atomic E-state index is -3.55. The van der Waals surface area contributed by atoms with Crippen molar-refractivity contribution in [3.8, 4) is 0 Å². The lowest BCUT2D eigenvalue weighted by atomic mass is 10.3. The molecule has 1 aliphatic heterocycles. The van der Waals surface area contributed by atoms with Gasteiger partial charge in [-0.3, -0.25) is 4.72 Å². The zero-order valence-corrected chi connectivity index (χ0v) is 13.3. The Kier molecular flexibility index (Phi) is 4.87. The van der Waals surface area contributed by atoms with Gasteiger partial charge in [-0.15, -0.1) is 0 Å². The minimum absolute atomic E-state index is 0.0408. The molecule has 0 amide bonds. The average Bonchev–Trinajstić information content (AvgIpc) is 2.48. The van der Waals surface area contributed by atoms with Gasteiger partial charge in [0.25, 0.3) is 0 Å². The molecule has 0 atom stereocenters. The maximum atomic E-state index is 12.4. The molecule has 1 aliphatic rings. The molecule has 2 rings (SSSR count). The number of hydrogen-bond donors (Lipinski definition) is 1. The van der Waals surface area contributed by atoms with Gasteiger partial charge in [0.2, 0.25) is 20.0 Å². The van der Waals surface area contributed by atoms with Crippen molar-refractivity contribution in [2.45, 2.75) is 11.8 Å². The van der Waals surface area contributed by atoms with E-state index in [4.69, 9.17) is 4.74 Å². The summed E-state index contributed by atoms with van der Waals surface area (Å²) in [6, 6.07) is 5.69. The smallest absolute Gasteiger partial charge is 0.243 e. The van der Waals surface area contributed by atoms with Crippen molar-refractivity contribution in [1.29, 1.82) is 0 Å². The highest BCUT2D eigenvalue weighted by molar-refractivity contribution is 7.92. The molecule has 0 radical (unpaired) electrons. The second-order valence-corrected chi connectivity index (χ2v) is 8.50. The van der Waals surface area contributed by atoms with Crippen LogP contribution in [0.5, 0.6) is 0 Å². The molecule has 1 heterocycles. The van der Waals surface area contributed by atoms with E-state index in [0.29, 0.717) is 32.0 Å². The van der Waals surface area contributed by atoms with Crippen molar-refractivity contribution in [2.24, 2.45) is 0 Å². The van der Waals surface area contributed by atoms with Gasteiger partial charge < -0.3 is 4.74 Å². The Morgan fingerprint density at radius 2 is 1.67 bits per heavy atom. The minimum Gasteiger partial charge on any atom is -0.379 e. The van der Waals surface area contributed by atoms with Gasteiger partial charge in [0, 0.05) is 18.8 Å². The van der Waals surface area contributed by atoms with Gasteiger partial charge in [0.1, 0.15) is 0 Å². The SMILES string of the molecule is CCS(=O)(=O)Nc1ccc(S(=O)(=O)N2CCOCC2)cc1. The summed E-state index contributed by atoms with van der Waals surface area (Å²) in [5.74, 6) is -0.0408. The Labute approximate surface area is 125 Å². The molecule has 118 valence electrons. The normalized spacial score (nSPS) is 17.6. The number of sulfonamides is 2. The predicted octanol–water partition coefficient (Wildman–Crippen LogP) is 0.469. The average molecular weight is 334 g/mol. The fraction of sp³-hybridized carbons (Fsp3) is 0.500. The highest BCUT2D eigenvalue weighted by Crippen LogP contribution is 2.19. The number of ether oxygens (including phenoxy) is 1. The molecule has 1 N–H and O–H groups in total. The highest BCUT2D eigenvalue weighted by atomic mass is 32.2. The van der Waals surface area contributed by atoms with Gasteiger partial charge in [-0.2, -0.15) is 4.31 Å². The van der Waals surface area contributed by atoms with E-state index in [2.05, 4.69) is 4.72 Å². The molecule has 0 spiro atoms. The summed E-state index contributed by atoms with van der Waals surface area (Å²) in [5.41, 5.74) is 0.345. The van der Waals surface area contributed by atoms with E-state index >= 15 is 0 Å². The maximum Gasteiger partial charge on any atom is 0.243 e. The van der Waals surface area contributed by atoms with Crippen LogP contribution < -0.4 is 4.72 Å². The zero-order chi connectivity index (χ0) is 15.5. The molecular formula is C12H18N2O5S2. The van der Waals surface area contributed by atoms with E-state index < -0.39 is 20.0 Å². The Bertz CT molecular complexity index is 677. The van der Waals surface area contributed by atoms with Crippen LogP contribution in [0.15, 0.2) is 29.2 Å². The molecule has 0 unspecified atom stereocenters. The summed E-state index contributed by atoms with van der Waals surface area (Å²) in [4.78, 5) is 0.142. The first kappa shape index (κ1) is 16.2. The van der Waals surface area contributed by atoms with Gasteiger partial charge >= 0.3 is 0 Å². The highest BCUT2D eigenvalue weighted by Gasteiger charge is 2.26. The van der Waals surface area contributed by atoms with Crippen LogP contribution in [0.2, 0.25) is 0 Å². The van der Waals surface area contributed by atoms with Crippen LogP contribution >= 0.6 is 0 Å². The van der Waals surface area contributed by atoms with Crippen molar-refractivity contribution < 1.29 is 21.6 Å². The van der Waals surface area contributed by atoms with Crippen LogP contribution in [-0.2, 0) is 24.8 Å². The third-order valence-corrected chi connectivity index (χ3v) is 6.34. The topological polar surface area (TPSA) is 92.8 Å². The Morgan fingerprint density at radius 1 is 1.10 bits per heavy atom. The molecule has 1 aromatic carbocycles. The largest absolute Gasteiger partial charge is 0.379 e. The summed E-state index contributed by atoms with van der Waals surface area (Å²) >= 11 is 0. The lowest BCUT2D eigenvalue weighted by Crippen LogP contribution is -2.40. The number of nitrogens with one attached hydrogen (secondary N) is 1. The van der Waals surface area contributed by atoms with E-state index in [0.717, 1.165) is 0 Å². The first-order chi connectivity index (χ1) is 9.85. The van der Waals surface area contributed by atoms with Gasteiger partial charge in [0.15, 0.2) is 0 Å². The zero-order valence-electron chi connectivity index (χ0n) is 11.6. The van der Waals surface area contributed by atoms with E-state index in [1.165, 1.54) is 35.5 Å². The molecule has 1 fully saturated rings. The third-order valence-electron chi connectivity index (χ3n) is 3.12. The molecule has 21 heavy (non-hydrogen) atoms. The van der Waals surface area contributed by atoms with Gasteiger partial charge in [-0.25, -0.2) is 16.8 Å². The molecule has 0 bridgehead atoms. The van der Waals surface area contributed by atoms with Crippen LogP contribution in [0.4, 0.5) is 5.69 Å². The Morgan fingerprint density at radius 3 is 2.19 bits per heavy atom. The van der Waals surface area contributed by atoms with Crippen molar-refractivity contribution in [3.05, 3.63) is 24.3 Å². The number of nitrogens with zero attached hydrogens (tertiary/aromatic N) is 1. The van der Waals surface area contributed by atoms with E-state index in [9.17, 15) is 16.8 Å². The second kappa shape index (κ2) is 6.30. The fourth-order valence-corrected chi connectivity index (χ4v) is 3.93. The van der Waals surface area contributed by atoms with Gasteiger partial charge in [-0.1, -0.05) is 0 Å². The second-order valence-electron chi connectivity index (χ2n) is 4.55. The van der Waals surface area contributed by atoms with Crippen LogP contribution in [0.3, 0.4) is 0 Å². The van der Waals surface area contributed by atoms with Crippen LogP contribution in [0.25, 0.3) is 0 Å². The van der Waals surface area contributed by atoms with Crippen molar-refractivity contribution in [1.82, 2.24) is 4.31 Å². The van der Waals surface area contributed by atoms with Crippen LogP contribution in [0.1, 0.15) is 6.92 Å². The molecule has 1 aromatic rings. The van der Waals surface area contributed by atoms with E-state index in [-0.39, 0.29) is 10.6 Å². The molecule has 0 saturated carbocycles. The predicted molar refractivity (Wildman–Crippen MR) is 79.1 cm³/mol. The van der Waals surface area contributed by atoms with Crippen molar-refractivity contribution in [3.63, 3.8) is 0 Å². The fourth-order valence-electron chi connectivity index (χ4n) is 1.88. The van der Waals surface area contributed by atoms with Crippen molar-refractivity contribution in [2.75, 3.05) is 36.8 Å². The number of morpholine rings is 1. The first-order valence-electron chi connectivity index (χ1n) is 6.53. The summed E-state index contributed by atoms with van der Waals surface area (Å²) in [5, 5.41) is 0. The third kappa shape index (κ3) is 3.94. The van der Waals surface area contributed by atoms with E-state index in [1.54, 1.807) is 0 Å². The van der Waals surface area contributed by atoms with Gasteiger partial charge in [-0.05, 0) is 31.2 Å². The lowest BCUT2D eigenvalue weighted by Gasteiger charge is -2.26. The number of rotatable bonds is 5. The summed E-state index contributed by atoms with van der Waals surface area (Å²) in [7, 11) is -6.92. The number of anilines is 1. The molecule has 1 saturated heterocycles. The molecular weight excluding hydrogens is 316 g/mol. The molecule has 7 nitrogen and oxygen atoms in total. The first-order valence-corrected chi connectivity index (χ1v) is 9.63. The number of benzene rings is 1.